The molecule has 0 radical (unpaired) electrons. The Hall–Kier alpha value is -1.48. The average molecular weight is 206 g/mol. The minimum Gasteiger partial charge on any atom is -0.507 e. The van der Waals surface area contributed by atoms with E-state index in [2.05, 4.69) is 0 Å². The first-order valence-electron chi connectivity index (χ1n) is 4.26. The molecule has 0 fully saturated rings. The van der Waals surface area contributed by atoms with Crippen molar-refractivity contribution in [2.75, 3.05) is 0 Å². The van der Waals surface area contributed by atoms with Gasteiger partial charge in [-0.25, -0.2) is 0 Å². The maximum absolute atomic E-state index is 9.60. The van der Waals surface area contributed by atoms with Crippen LogP contribution in [0.2, 0.25) is 0 Å². The van der Waals surface area contributed by atoms with Gasteiger partial charge in [0, 0.05) is 9.75 Å². The molecule has 0 aliphatic rings. The highest BCUT2D eigenvalue weighted by Crippen LogP contribution is 2.40. The van der Waals surface area contributed by atoms with Crippen molar-refractivity contribution in [2.45, 2.75) is 6.92 Å². The van der Waals surface area contributed by atoms with Gasteiger partial charge in [0.15, 0.2) is 0 Å². The predicted molar refractivity (Wildman–Crippen MR) is 57.8 cm³/mol. The van der Waals surface area contributed by atoms with E-state index in [1.54, 1.807) is 29.5 Å². The smallest absolute Gasteiger partial charge is 0.127 e. The quantitative estimate of drug-likeness (QED) is 0.752. The molecule has 1 aromatic carbocycles. The van der Waals surface area contributed by atoms with Gasteiger partial charge < -0.3 is 10.2 Å². The third-order valence-electron chi connectivity index (χ3n) is 2.01. The Labute approximate surface area is 86.1 Å². The molecule has 0 saturated heterocycles. The number of hydrogen-bond acceptors (Lipinski definition) is 3. The molecule has 72 valence electrons. The molecule has 0 spiro atoms. The summed E-state index contributed by atoms with van der Waals surface area (Å²) in [4.78, 5) is 2.04. The fourth-order valence-corrected chi connectivity index (χ4v) is 2.28. The van der Waals surface area contributed by atoms with Gasteiger partial charge in [0.25, 0.3) is 0 Å². The first-order valence-corrected chi connectivity index (χ1v) is 5.08. The number of benzene rings is 1. The van der Waals surface area contributed by atoms with Crippen molar-refractivity contribution in [3.05, 3.63) is 35.2 Å². The molecular weight excluding hydrogens is 196 g/mol. The largest absolute Gasteiger partial charge is 0.507 e. The Balaban J connectivity index is 2.61. The fourth-order valence-electron chi connectivity index (χ4n) is 1.35. The van der Waals surface area contributed by atoms with Crippen LogP contribution < -0.4 is 0 Å². The van der Waals surface area contributed by atoms with Crippen LogP contribution in [0.5, 0.6) is 11.5 Å². The summed E-state index contributed by atoms with van der Waals surface area (Å²) >= 11 is 1.55. The van der Waals surface area contributed by atoms with Gasteiger partial charge in [-0.3, -0.25) is 0 Å². The molecule has 2 aromatic rings. The number of hydrogen-bond donors (Lipinski definition) is 2. The van der Waals surface area contributed by atoms with Crippen molar-refractivity contribution in [3.8, 4) is 21.9 Å². The summed E-state index contributed by atoms with van der Waals surface area (Å²) in [6, 6.07) is 8.63. The molecule has 0 atom stereocenters. The third kappa shape index (κ3) is 1.46. The average Bonchev–Trinajstić information content (AvgIpc) is 2.51. The third-order valence-corrected chi connectivity index (χ3v) is 3.03. The van der Waals surface area contributed by atoms with Gasteiger partial charge in [0.05, 0.1) is 5.56 Å². The molecule has 0 aliphatic carbocycles. The topological polar surface area (TPSA) is 40.5 Å². The zero-order valence-electron chi connectivity index (χ0n) is 7.69. The molecule has 2 N–H and O–H groups in total. The Morgan fingerprint density at radius 2 is 1.64 bits per heavy atom. The number of thiophene rings is 1. The van der Waals surface area contributed by atoms with Crippen LogP contribution >= 0.6 is 11.3 Å². The summed E-state index contributed by atoms with van der Waals surface area (Å²) in [6.07, 6.45) is 0. The standard InChI is InChI=1S/C11H10O2S/c1-7-5-6-10(14-7)11-8(12)3-2-4-9(11)13/h2-6,12-13H,1H3. The van der Waals surface area contributed by atoms with E-state index >= 15 is 0 Å². The molecule has 0 unspecified atom stereocenters. The van der Waals surface area contributed by atoms with Crippen molar-refractivity contribution in [1.29, 1.82) is 0 Å². The molecule has 1 aromatic heterocycles. The Kier molecular flexibility index (Phi) is 2.17. The van der Waals surface area contributed by atoms with Crippen LogP contribution in [0.1, 0.15) is 4.88 Å². The molecule has 0 amide bonds. The zero-order chi connectivity index (χ0) is 10.1. The van der Waals surface area contributed by atoms with E-state index in [0.29, 0.717) is 5.56 Å². The summed E-state index contributed by atoms with van der Waals surface area (Å²) in [5, 5.41) is 19.2. The summed E-state index contributed by atoms with van der Waals surface area (Å²) in [6.45, 7) is 1.99. The van der Waals surface area contributed by atoms with E-state index < -0.39 is 0 Å². The van der Waals surface area contributed by atoms with Crippen LogP contribution in [-0.2, 0) is 0 Å². The summed E-state index contributed by atoms with van der Waals surface area (Å²) in [5.74, 6) is 0.235. The van der Waals surface area contributed by atoms with E-state index in [1.165, 1.54) is 0 Å². The molecule has 1 heterocycles. The molecule has 14 heavy (non-hydrogen) atoms. The van der Waals surface area contributed by atoms with Gasteiger partial charge in [0.2, 0.25) is 0 Å². The molecule has 0 saturated carbocycles. The second-order valence-electron chi connectivity index (χ2n) is 3.08. The SMILES string of the molecule is Cc1ccc(-c2c(O)cccc2O)s1. The summed E-state index contributed by atoms with van der Waals surface area (Å²) < 4.78 is 0. The van der Waals surface area contributed by atoms with E-state index in [1.807, 2.05) is 19.1 Å². The highest BCUT2D eigenvalue weighted by Gasteiger charge is 2.10. The van der Waals surface area contributed by atoms with Crippen molar-refractivity contribution >= 4 is 11.3 Å². The van der Waals surface area contributed by atoms with E-state index in [0.717, 1.165) is 9.75 Å². The molecule has 2 nitrogen and oxygen atoms in total. The van der Waals surface area contributed by atoms with Gasteiger partial charge in [-0.15, -0.1) is 11.3 Å². The van der Waals surface area contributed by atoms with Gasteiger partial charge in [-0.1, -0.05) is 6.07 Å². The lowest BCUT2D eigenvalue weighted by molar-refractivity contribution is 0.454. The number of rotatable bonds is 1. The molecular formula is C11H10O2S. The molecule has 0 bridgehead atoms. The van der Waals surface area contributed by atoms with Gasteiger partial charge in [0.1, 0.15) is 11.5 Å². The van der Waals surface area contributed by atoms with Gasteiger partial charge >= 0.3 is 0 Å². The second kappa shape index (κ2) is 3.35. The van der Waals surface area contributed by atoms with Crippen LogP contribution in [0.25, 0.3) is 10.4 Å². The van der Waals surface area contributed by atoms with Gasteiger partial charge in [-0.05, 0) is 31.2 Å². The maximum atomic E-state index is 9.60. The Bertz CT molecular complexity index is 440. The highest BCUT2D eigenvalue weighted by atomic mass is 32.1. The second-order valence-corrected chi connectivity index (χ2v) is 4.37. The van der Waals surface area contributed by atoms with Gasteiger partial charge in [-0.2, -0.15) is 0 Å². The molecule has 2 rings (SSSR count). The van der Waals surface area contributed by atoms with Crippen LogP contribution in [0.15, 0.2) is 30.3 Å². The van der Waals surface area contributed by atoms with Crippen LogP contribution in [0.4, 0.5) is 0 Å². The fraction of sp³-hybridized carbons (Fsp3) is 0.0909. The van der Waals surface area contributed by atoms with Crippen molar-refractivity contribution < 1.29 is 10.2 Å². The lowest BCUT2D eigenvalue weighted by Crippen LogP contribution is -1.75. The first-order chi connectivity index (χ1) is 6.68. The van der Waals surface area contributed by atoms with E-state index in [4.69, 9.17) is 0 Å². The van der Waals surface area contributed by atoms with Crippen molar-refractivity contribution in [2.24, 2.45) is 0 Å². The maximum Gasteiger partial charge on any atom is 0.127 e. The van der Waals surface area contributed by atoms with Crippen molar-refractivity contribution in [3.63, 3.8) is 0 Å². The zero-order valence-corrected chi connectivity index (χ0v) is 8.51. The summed E-state index contributed by atoms with van der Waals surface area (Å²) in [5.41, 5.74) is 0.519. The number of phenols is 2. The molecule has 0 aliphatic heterocycles. The van der Waals surface area contributed by atoms with Crippen LogP contribution in [0, 0.1) is 6.92 Å². The Morgan fingerprint density at radius 3 is 2.14 bits per heavy atom. The number of phenolic OH excluding ortho intramolecular Hbond substituents is 2. The van der Waals surface area contributed by atoms with E-state index in [9.17, 15) is 10.2 Å². The monoisotopic (exact) mass is 206 g/mol. The minimum absolute atomic E-state index is 0.117. The summed E-state index contributed by atoms with van der Waals surface area (Å²) in [7, 11) is 0. The predicted octanol–water partition coefficient (Wildman–Crippen LogP) is 3.13. The highest BCUT2D eigenvalue weighted by molar-refractivity contribution is 7.15. The molecule has 3 heteroatoms. The first kappa shape index (κ1) is 9.09. The van der Waals surface area contributed by atoms with Crippen molar-refractivity contribution in [1.82, 2.24) is 0 Å². The lowest BCUT2D eigenvalue weighted by Gasteiger charge is -2.03. The number of aryl methyl sites for hydroxylation is 1. The van der Waals surface area contributed by atoms with Crippen LogP contribution in [-0.4, -0.2) is 10.2 Å². The minimum atomic E-state index is 0.117. The van der Waals surface area contributed by atoms with Crippen LogP contribution in [0.3, 0.4) is 0 Å². The number of aromatic hydroxyl groups is 2. The lowest BCUT2D eigenvalue weighted by atomic mass is 10.1. The normalized spacial score (nSPS) is 10.4. The van der Waals surface area contributed by atoms with E-state index in [-0.39, 0.29) is 11.5 Å². The Morgan fingerprint density at radius 1 is 1.00 bits per heavy atom.